The summed E-state index contributed by atoms with van der Waals surface area (Å²) in [5, 5.41) is 13.9. The number of amides is 1. The molecule has 5 nitrogen and oxygen atoms in total. The number of halogens is 3. The lowest BCUT2D eigenvalue weighted by molar-refractivity contribution is -0.137. The molecule has 2 aromatic rings. The van der Waals surface area contributed by atoms with E-state index in [1.807, 2.05) is 10.7 Å². The molecule has 1 heterocycles. The third-order valence-electron chi connectivity index (χ3n) is 5.98. The molecule has 1 fully saturated rings. The Morgan fingerprint density at radius 2 is 1.90 bits per heavy atom. The van der Waals surface area contributed by atoms with Gasteiger partial charge in [0.1, 0.15) is 0 Å². The van der Waals surface area contributed by atoms with E-state index < -0.39 is 17.6 Å². The molecule has 0 bridgehead atoms. The maximum Gasteiger partial charge on any atom is 0.416 e. The van der Waals surface area contributed by atoms with Gasteiger partial charge < -0.3 is 10.8 Å². The highest BCUT2D eigenvalue weighted by Crippen LogP contribution is 2.39. The number of aliphatic hydroxyl groups is 1. The van der Waals surface area contributed by atoms with Gasteiger partial charge in [0, 0.05) is 17.8 Å². The highest BCUT2D eigenvalue weighted by molar-refractivity contribution is 5.94. The second-order valence-electron chi connectivity index (χ2n) is 8.44. The fourth-order valence-corrected chi connectivity index (χ4v) is 4.38. The van der Waals surface area contributed by atoms with Gasteiger partial charge in [0.05, 0.1) is 17.9 Å². The molecule has 30 heavy (non-hydrogen) atoms. The first-order chi connectivity index (χ1) is 14.1. The number of primary amides is 1. The molecule has 3 rings (SSSR count). The van der Waals surface area contributed by atoms with Crippen LogP contribution in [0.5, 0.6) is 0 Å². The molecule has 0 aliphatic heterocycles. The summed E-state index contributed by atoms with van der Waals surface area (Å²) >= 11 is 0. The number of alkyl halides is 3. The Hall–Kier alpha value is -2.35. The zero-order valence-electron chi connectivity index (χ0n) is 17.2. The van der Waals surface area contributed by atoms with Gasteiger partial charge in [-0.3, -0.25) is 9.48 Å². The van der Waals surface area contributed by atoms with E-state index in [4.69, 9.17) is 5.73 Å². The third-order valence-corrected chi connectivity index (χ3v) is 5.98. The van der Waals surface area contributed by atoms with Crippen LogP contribution in [0.15, 0.2) is 24.3 Å². The Morgan fingerprint density at radius 3 is 2.43 bits per heavy atom. The molecule has 1 aromatic carbocycles. The van der Waals surface area contributed by atoms with Crippen LogP contribution in [0, 0.1) is 5.92 Å². The van der Waals surface area contributed by atoms with E-state index in [2.05, 4.69) is 18.9 Å². The first-order valence-electron chi connectivity index (χ1n) is 10.3. The van der Waals surface area contributed by atoms with E-state index >= 15 is 0 Å². The first kappa shape index (κ1) is 22.3. The van der Waals surface area contributed by atoms with E-state index in [0.717, 1.165) is 50.1 Å². The number of aromatic nitrogens is 2. The lowest BCUT2D eigenvalue weighted by atomic mass is 9.77. The number of nitrogens with two attached hydrogens (primary N) is 1. The van der Waals surface area contributed by atoms with E-state index in [0.29, 0.717) is 23.1 Å². The zero-order valence-corrected chi connectivity index (χ0v) is 17.2. The predicted molar refractivity (Wildman–Crippen MR) is 107 cm³/mol. The van der Waals surface area contributed by atoms with Gasteiger partial charge in [0.2, 0.25) is 5.91 Å². The Morgan fingerprint density at radius 1 is 1.23 bits per heavy atom. The fraction of sp³-hybridized carbons (Fsp3) is 0.545. The van der Waals surface area contributed by atoms with Crippen molar-refractivity contribution in [1.29, 1.82) is 0 Å². The van der Waals surface area contributed by atoms with Crippen molar-refractivity contribution in [1.82, 2.24) is 9.78 Å². The molecule has 1 saturated carbocycles. The molecular weight excluding hydrogens is 395 g/mol. The van der Waals surface area contributed by atoms with E-state index in [1.165, 1.54) is 6.07 Å². The van der Waals surface area contributed by atoms with Crippen molar-refractivity contribution in [2.45, 2.75) is 70.7 Å². The zero-order chi connectivity index (χ0) is 22.1. The van der Waals surface area contributed by atoms with Gasteiger partial charge >= 0.3 is 6.18 Å². The Bertz CT molecular complexity index is 898. The SMILES string of the molecule is CC(C)c1cc(CO)nn1CC1CCC(c2ccc(C(F)(F)F)cc2C(N)=O)CC1. The smallest absolute Gasteiger partial charge is 0.390 e. The molecule has 1 amide bonds. The standard InChI is InChI=1S/C22H28F3N3O2/c1-13(2)20-10-17(12-29)27-28(20)11-14-3-5-15(6-4-14)18-8-7-16(22(23,24)25)9-19(18)21(26)30/h7-10,13-15,29H,3-6,11-12H2,1-2H3,(H2,26,30). The van der Waals surface area contributed by atoms with Crippen LogP contribution in [0.4, 0.5) is 13.2 Å². The topological polar surface area (TPSA) is 81.1 Å². The molecule has 0 saturated heterocycles. The van der Waals surface area contributed by atoms with Crippen LogP contribution in [-0.2, 0) is 19.3 Å². The molecule has 1 aliphatic rings. The summed E-state index contributed by atoms with van der Waals surface area (Å²) in [6, 6.07) is 5.24. The lowest BCUT2D eigenvalue weighted by Crippen LogP contribution is -2.23. The number of aliphatic hydroxyl groups excluding tert-OH is 1. The van der Waals surface area contributed by atoms with Crippen molar-refractivity contribution >= 4 is 5.91 Å². The minimum Gasteiger partial charge on any atom is -0.390 e. The largest absolute Gasteiger partial charge is 0.416 e. The average molecular weight is 423 g/mol. The van der Waals surface area contributed by atoms with Crippen molar-refractivity contribution in [3.63, 3.8) is 0 Å². The summed E-state index contributed by atoms with van der Waals surface area (Å²) < 4.78 is 41.0. The molecular formula is C22H28F3N3O2. The normalized spacial score (nSPS) is 20.0. The predicted octanol–water partition coefficient (Wildman–Crippen LogP) is 4.59. The molecule has 164 valence electrons. The van der Waals surface area contributed by atoms with Crippen LogP contribution in [0.25, 0.3) is 0 Å². The summed E-state index contributed by atoms with van der Waals surface area (Å²) in [6.07, 6.45) is -1.18. The van der Waals surface area contributed by atoms with Gasteiger partial charge in [-0.2, -0.15) is 18.3 Å². The van der Waals surface area contributed by atoms with E-state index in [9.17, 15) is 23.1 Å². The van der Waals surface area contributed by atoms with Gasteiger partial charge in [-0.05, 0) is 67.2 Å². The van der Waals surface area contributed by atoms with Crippen LogP contribution in [0.2, 0.25) is 0 Å². The minimum atomic E-state index is -4.51. The third kappa shape index (κ3) is 4.86. The van der Waals surface area contributed by atoms with Gasteiger partial charge in [-0.15, -0.1) is 0 Å². The van der Waals surface area contributed by atoms with Gasteiger partial charge in [0.15, 0.2) is 0 Å². The number of nitrogens with zero attached hydrogens (tertiary/aromatic N) is 2. The molecule has 1 aromatic heterocycles. The van der Waals surface area contributed by atoms with Crippen molar-refractivity contribution in [2.75, 3.05) is 0 Å². The molecule has 3 N–H and O–H groups in total. The second-order valence-corrected chi connectivity index (χ2v) is 8.44. The molecule has 0 spiro atoms. The minimum absolute atomic E-state index is 0.0150. The molecule has 8 heteroatoms. The van der Waals surface area contributed by atoms with Gasteiger partial charge in [-0.25, -0.2) is 0 Å². The van der Waals surface area contributed by atoms with Crippen LogP contribution in [0.1, 0.15) is 84.2 Å². The first-order valence-corrected chi connectivity index (χ1v) is 10.3. The maximum atomic E-state index is 13.0. The Balaban J connectivity index is 1.72. The molecule has 1 aliphatic carbocycles. The van der Waals surface area contributed by atoms with Crippen molar-refractivity contribution < 1.29 is 23.1 Å². The summed E-state index contributed by atoms with van der Waals surface area (Å²) in [4.78, 5) is 11.8. The van der Waals surface area contributed by atoms with E-state index in [1.54, 1.807) is 0 Å². The van der Waals surface area contributed by atoms with Crippen LogP contribution < -0.4 is 5.73 Å². The molecule has 0 radical (unpaired) electrons. The Labute approximate surface area is 174 Å². The van der Waals surface area contributed by atoms with Gasteiger partial charge in [-0.1, -0.05) is 19.9 Å². The van der Waals surface area contributed by atoms with Gasteiger partial charge in [0.25, 0.3) is 0 Å². The Kier molecular flexibility index (Phi) is 6.55. The summed E-state index contributed by atoms with van der Waals surface area (Å²) in [7, 11) is 0. The highest BCUT2D eigenvalue weighted by Gasteiger charge is 2.33. The summed E-state index contributed by atoms with van der Waals surface area (Å²) in [6.45, 7) is 4.82. The number of benzene rings is 1. The number of hydrogen-bond acceptors (Lipinski definition) is 3. The fourth-order valence-electron chi connectivity index (χ4n) is 4.38. The number of rotatable bonds is 6. The monoisotopic (exact) mass is 423 g/mol. The summed E-state index contributed by atoms with van der Waals surface area (Å²) in [5.41, 5.74) is 6.85. The molecule has 0 atom stereocenters. The second kappa shape index (κ2) is 8.79. The average Bonchev–Trinajstić information content (AvgIpc) is 3.10. The highest BCUT2D eigenvalue weighted by atomic mass is 19.4. The summed E-state index contributed by atoms with van der Waals surface area (Å²) in [5.74, 6) is -0.134. The van der Waals surface area contributed by atoms with Crippen molar-refractivity contribution in [3.05, 3.63) is 52.3 Å². The van der Waals surface area contributed by atoms with Crippen LogP contribution in [-0.4, -0.2) is 20.8 Å². The quantitative estimate of drug-likeness (QED) is 0.713. The lowest BCUT2D eigenvalue weighted by Gasteiger charge is -2.30. The number of carbonyl (C=O) groups excluding carboxylic acids is 1. The van der Waals surface area contributed by atoms with Crippen LogP contribution >= 0.6 is 0 Å². The van der Waals surface area contributed by atoms with Crippen molar-refractivity contribution in [2.24, 2.45) is 11.7 Å². The van der Waals surface area contributed by atoms with E-state index in [-0.39, 0.29) is 18.1 Å². The molecule has 0 unspecified atom stereocenters. The van der Waals surface area contributed by atoms with Crippen LogP contribution in [0.3, 0.4) is 0 Å². The van der Waals surface area contributed by atoms with Crippen molar-refractivity contribution in [3.8, 4) is 0 Å². The number of hydrogen-bond donors (Lipinski definition) is 2. The number of carbonyl (C=O) groups is 1. The maximum absolute atomic E-state index is 13.0.